The van der Waals surface area contributed by atoms with E-state index in [9.17, 15) is 10.1 Å². The maximum atomic E-state index is 11.2. The minimum Gasteiger partial charge on any atom is -0.376 e. The van der Waals surface area contributed by atoms with Gasteiger partial charge in [-0.15, -0.1) is 0 Å². The van der Waals surface area contributed by atoms with Crippen LogP contribution >= 0.6 is 0 Å². The summed E-state index contributed by atoms with van der Waals surface area (Å²) < 4.78 is 5.88. The third kappa shape index (κ3) is 5.36. The second kappa shape index (κ2) is 9.26. The van der Waals surface area contributed by atoms with Crippen LogP contribution in [0.15, 0.2) is 48.5 Å². The van der Waals surface area contributed by atoms with Gasteiger partial charge in [0.1, 0.15) is 0 Å². The monoisotopic (exact) mass is 365 g/mol. The number of para-hydroxylation sites is 1. The highest BCUT2D eigenvalue weighted by Crippen LogP contribution is 2.23. The molecule has 6 nitrogen and oxygen atoms in total. The molecule has 140 valence electrons. The van der Waals surface area contributed by atoms with Crippen LogP contribution in [0.3, 0.4) is 0 Å². The van der Waals surface area contributed by atoms with Gasteiger partial charge in [-0.25, -0.2) is 0 Å². The van der Waals surface area contributed by atoms with Gasteiger partial charge in [-0.2, -0.15) is 5.26 Å². The molecule has 2 aromatic carbocycles. The van der Waals surface area contributed by atoms with Crippen molar-refractivity contribution in [1.82, 2.24) is 4.90 Å². The van der Waals surface area contributed by atoms with Crippen LogP contribution in [0.4, 0.5) is 5.69 Å². The Morgan fingerprint density at radius 3 is 2.74 bits per heavy atom. The van der Waals surface area contributed by atoms with E-state index in [0.717, 1.165) is 37.1 Å². The van der Waals surface area contributed by atoms with Crippen LogP contribution in [0.2, 0.25) is 0 Å². The van der Waals surface area contributed by atoms with Crippen molar-refractivity contribution in [2.75, 3.05) is 19.7 Å². The molecule has 0 saturated carbocycles. The summed E-state index contributed by atoms with van der Waals surface area (Å²) in [5.41, 5.74) is 2.66. The lowest BCUT2D eigenvalue weighted by Crippen LogP contribution is -2.36. The van der Waals surface area contributed by atoms with Gasteiger partial charge in [0, 0.05) is 24.7 Å². The van der Waals surface area contributed by atoms with E-state index in [0.29, 0.717) is 31.2 Å². The van der Waals surface area contributed by atoms with E-state index in [1.54, 1.807) is 24.3 Å². The van der Waals surface area contributed by atoms with E-state index in [2.05, 4.69) is 11.0 Å². The van der Waals surface area contributed by atoms with E-state index in [-0.39, 0.29) is 10.6 Å². The Bertz CT molecular complexity index is 814. The lowest BCUT2D eigenvalue weighted by atomic mass is 9.98. The Hall–Kier alpha value is -2.75. The lowest BCUT2D eigenvalue weighted by Gasteiger charge is -2.32. The van der Waals surface area contributed by atoms with E-state index < -0.39 is 0 Å². The van der Waals surface area contributed by atoms with Crippen molar-refractivity contribution in [2.24, 2.45) is 5.92 Å². The Balaban J connectivity index is 1.49. The summed E-state index contributed by atoms with van der Waals surface area (Å²) in [6.07, 6.45) is 2.19. The van der Waals surface area contributed by atoms with Crippen molar-refractivity contribution in [3.63, 3.8) is 0 Å². The normalized spacial score (nSPS) is 17.4. The molecule has 0 aliphatic carbocycles. The first-order valence-electron chi connectivity index (χ1n) is 9.17. The zero-order chi connectivity index (χ0) is 19.1. The molecule has 3 rings (SSSR count). The molecule has 27 heavy (non-hydrogen) atoms. The zero-order valence-corrected chi connectivity index (χ0v) is 15.2. The maximum Gasteiger partial charge on any atom is 0.273 e. The summed E-state index contributed by atoms with van der Waals surface area (Å²) in [4.78, 5) is 13.2. The maximum absolute atomic E-state index is 11.2. The first-order valence-corrected chi connectivity index (χ1v) is 9.17. The number of hydrogen-bond acceptors (Lipinski definition) is 5. The summed E-state index contributed by atoms with van der Waals surface area (Å²) in [7, 11) is 0. The average Bonchev–Trinajstić information content (AvgIpc) is 2.69. The first-order chi connectivity index (χ1) is 13.2. The number of hydrogen-bond donors (Lipinski definition) is 0. The third-order valence-electron chi connectivity index (χ3n) is 4.89. The number of piperidine rings is 1. The second-order valence-corrected chi connectivity index (χ2v) is 6.95. The van der Waals surface area contributed by atoms with Gasteiger partial charge in [-0.3, -0.25) is 15.0 Å². The van der Waals surface area contributed by atoms with Crippen LogP contribution in [0.5, 0.6) is 0 Å². The number of nitro benzene ring substituents is 1. The van der Waals surface area contributed by atoms with Crippen molar-refractivity contribution in [1.29, 1.82) is 5.26 Å². The molecule has 1 aliphatic heterocycles. The molecule has 0 aromatic heterocycles. The van der Waals surface area contributed by atoms with Gasteiger partial charge in [0.05, 0.1) is 29.8 Å². The molecule has 0 N–H and O–H groups in total. The number of nitro groups is 1. The molecule has 0 amide bonds. The number of benzene rings is 2. The smallest absolute Gasteiger partial charge is 0.273 e. The van der Waals surface area contributed by atoms with Crippen molar-refractivity contribution >= 4 is 5.69 Å². The molecule has 1 aliphatic rings. The molecular formula is C21H23N3O3. The van der Waals surface area contributed by atoms with Crippen LogP contribution in [-0.4, -0.2) is 29.5 Å². The van der Waals surface area contributed by atoms with Crippen molar-refractivity contribution in [3.05, 3.63) is 75.3 Å². The molecule has 0 spiro atoms. The van der Waals surface area contributed by atoms with Gasteiger partial charge in [0.25, 0.3) is 5.69 Å². The minimum absolute atomic E-state index is 0.191. The van der Waals surface area contributed by atoms with Gasteiger partial charge < -0.3 is 4.74 Å². The first kappa shape index (κ1) is 19.0. The van der Waals surface area contributed by atoms with E-state index in [1.165, 1.54) is 0 Å². The van der Waals surface area contributed by atoms with E-state index in [1.807, 2.05) is 24.3 Å². The van der Waals surface area contributed by atoms with Crippen molar-refractivity contribution in [3.8, 4) is 6.07 Å². The zero-order valence-electron chi connectivity index (χ0n) is 15.2. The summed E-state index contributed by atoms with van der Waals surface area (Å²) in [6, 6.07) is 16.5. The Morgan fingerprint density at radius 2 is 2.00 bits per heavy atom. The summed E-state index contributed by atoms with van der Waals surface area (Å²) in [6.45, 7) is 3.65. The fourth-order valence-corrected chi connectivity index (χ4v) is 3.51. The highest BCUT2D eigenvalue weighted by Gasteiger charge is 2.22. The fourth-order valence-electron chi connectivity index (χ4n) is 3.51. The molecule has 2 aromatic rings. The van der Waals surface area contributed by atoms with Gasteiger partial charge in [0.15, 0.2) is 0 Å². The largest absolute Gasteiger partial charge is 0.376 e. The van der Waals surface area contributed by atoms with Crippen LogP contribution < -0.4 is 0 Å². The van der Waals surface area contributed by atoms with Crippen LogP contribution in [-0.2, 0) is 17.9 Å². The Morgan fingerprint density at radius 1 is 1.22 bits per heavy atom. The number of likely N-dealkylation sites (tertiary alicyclic amines) is 1. The number of nitriles is 1. The quantitative estimate of drug-likeness (QED) is 0.549. The predicted molar refractivity (Wildman–Crippen MR) is 102 cm³/mol. The van der Waals surface area contributed by atoms with Gasteiger partial charge >= 0.3 is 0 Å². The van der Waals surface area contributed by atoms with Crippen LogP contribution in [0, 0.1) is 27.4 Å². The van der Waals surface area contributed by atoms with Gasteiger partial charge in [0.2, 0.25) is 0 Å². The Kier molecular flexibility index (Phi) is 6.53. The standard InChI is InChI=1S/C21H23N3O3/c22-12-17-7-9-18(10-8-17)15-27-16-19-4-3-11-23(13-19)14-20-5-1-2-6-21(20)24(25)26/h1-2,5-10,19H,3-4,11,13-16H2. The number of ether oxygens (including phenoxy) is 1. The lowest BCUT2D eigenvalue weighted by molar-refractivity contribution is -0.385. The van der Waals surface area contributed by atoms with Crippen LogP contribution in [0.25, 0.3) is 0 Å². The SMILES string of the molecule is N#Cc1ccc(COCC2CCCN(Cc3ccccc3[N+](=O)[O-])C2)cc1. The molecule has 1 atom stereocenters. The molecule has 6 heteroatoms. The van der Waals surface area contributed by atoms with Crippen molar-refractivity contribution < 1.29 is 9.66 Å². The third-order valence-corrected chi connectivity index (χ3v) is 4.89. The molecule has 1 fully saturated rings. The predicted octanol–water partition coefficient (Wildman–Crippen LogP) is 3.90. The van der Waals surface area contributed by atoms with Crippen molar-refractivity contribution in [2.45, 2.75) is 26.0 Å². The summed E-state index contributed by atoms with van der Waals surface area (Å²) in [5.74, 6) is 0.430. The highest BCUT2D eigenvalue weighted by molar-refractivity contribution is 5.39. The topological polar surface area (TPSA) is 79.4 Å². The molecule has 1 saturated heterocycles. The average molecular weight is 365 g/mol. The molecule has 0 bridgehead atoms. The molecular weight excluding hydrogens is 342 g/mol. The molecule has 1 unspecified atom stereocenters. The number of nitrogens with zero attached hydrogens (tertiary/aromatic N) is 3. The summed E-state index contributed by atoms with van der Waals surface area (Å²) in [5, 5.41) is 20.0. The van der Waals surface area contributed by atoms with E-state index in [4.69, 9.17) is 10.00 Å². The molecule has 1 heterocycles. The number of rotatable bonds is 7. The molecule has 0 radical (unpaired) electrons. The Labute approximate surface area is 159 Å². The summed E-state index contributed by atoms with van der Waals surface area (Å²) >= 11 is 0. The van der Waals surface area contributed by atoms with Gasteiger partial charge in [-0.05, 0) is 43.0 Å². The van der Waals surface area contributed by atoms with E-state index >= 15 is 0 Å². The van der Waals surface area contributed by atoms with Crippen LogP contribution in [0.1, 0.15) is 29.5 Å². The second-order valence-electron chi connectivity index (χ2n) is 6.95. The minimum atomic E-state index is -0.308. The highest BCUT2D eigenvalue weighted by atomic mass is 16.6. The van der Waals surface area contributed by atoms with Gasteiger partial charge in [-0.1, -0.05) is 30.3 Å². The fraction of sp³-hybridized carbons (Fsp3) is 0.381.